The van der Waals surface area contributed by atoms with E-state index in [1.54, 1.807) is 0 Å². The van der Waals surface area contributed by atoms with Gasteiger partial charge >= 0.3 is 0 Å². The molecule has 1 atom stereocenters. The summed E-state index contributed by atoms with van der Waals surface area (Å²) in [5.41, 5.74) is 3.88. The fraction of sp³-hybridized carbons (Fsp3) is 0.400. The van der Waals surface area contributed by atoms with Crippen LogP contribution in [0, 0.1) is 0 Å². The topological polar surface area (TPSA) is 88.5 Å². The summed E-state index contributed by atoms with van der Waals surface area (Å²) in [5, 5.41) is 19.2. The van der Waals surface area contributed by atoms with E-state index in [4.69, 9.17) is 0 Å². The van der Waals surface area contributed by atoms with Crippen molar-refractivity contribution in [2.24, 2.45) is 0 Å². The van der Waals surface area contributed by atoms with Gasteiger partial charge in [-0.25, -0.2) is 0 Å². The predicted octanol–water partition coefficient (Wildman–Crippen LogP) is 2.29. The van der Waals surface area contributed by atoms with Crippen molar-refractivity contribution in [1.29, 1.82) is 0 Å². The fourth-order valence-electron chi connectivity index (χ4n) is 4.19. The van der Waals surface area contributed by atoms with Gasteiger partial charge in [-0.3, -0.25) is 9.89 Å². The Bertz CT molecular complexity index is 974. The van der Waals surface area contributed by atoms with E-state index < -0.39 is 0 Å². The van der Waals surface area contributed by atoms with Crippen LogP contribution in [0.2, 0.25) is 0 Å². The summed E-state index contributed by atoms with van der Waals surface area (Å²) in [7, 11) is 0. The summed E-state index contributed by atoms with van der Waals surface area (Å²) >= 11 is 0. The van der Waals surface area contributed by atoms with Crippen LogP contribution in [0.1, 0.15) is 46.8 Å². The normalized spacial score (nSPS) is 18.6. The van der Waals surface area contributed by atoms with Crippen molar-refractivity contribution >= 4 is 5.91 Å². The first-order chi connectivity index (χ1) is 13.3. The smallest absolute Gasteiger partial charge is 0.272 e. The Balaban J connectivity index is 1.30. The maximum absolute atomic E-state index is 12.7. The second-order valence-corrected chi connectivity index (χ2v) is 7.34. The molecule has 1 amide bonds. The van der Waals surface area contributed by atoms with Crippen LogP contribution in [-0.2, 0) is 25.8 Å². The zero-order valence-electron chi connectivity index (χ0n) is 15.1. The highest BCUT2D eigenvalue weighted by Crippen LogP contribution is 2.24. The van der Waals surface area contributed by atoms with E-state index in [9.17, 15) is 4.79 Å². The number of fused-ring (bicyclic) bond motifs is 2. The Morgan fingerprint density at radius 2 is 2.00 bits per heavy atom. The van der Waals surface area contributed by atoms with Crippen LogP contribution in [0.3, 0.4) is 0 Å². The molecule has 3 heterocycles. The minimum Gasteiger partial charge on any atom is -0.348 e. The molecule has 2 aromatic heterocycles. The minimum atomic E-state index is -0.0552. The van der Waals surface area contributed by atoms with Crippen molar-refractivity contribution in [3.05, 3.63) is 53.1 Å². The van der Waals surface area contributed by atoms with Crippen LogP contribution < -0.4 is 5.32 Å². The lowest BCUT2D eigenvalue weighted by molar-refractivity contribution is 0.0927. The molecule has 138 valence electrons. The largest absolute Gasteiger partial charge is 0.348 e. The Hall–Kier alpha value is -2.96. The molecule has 0 bridgehead atoms. The van der Waals surface area contributed by atoms with E-state index in [2.05, 4.69) is 42.4 Å². The van der Waals surface area contributed by atoms with Crippen molar-refractivity contribution in [3.63, 3.8) is 0 Å². The summed E-state index contributed by atoms with van der Waals surface area (Å²) in [6.45, 7) is 0.802. The van der Waals surface area contributed by atoms with Gasteiger partial charge in [0.05, 0.1) is 0 Å². The van der Waals surface area contributed by atoms with Crippen molar-refractivity contribution in [3.8, 4) is 11.4 Å². The highest BCUT2D eigenvalue weighted by molar-refractivity contribution is 5.94. The van der Waals surface area contributed by atoms with Crippen LogP contribution in [0.4, 0.5) is 0 Å². The van der Waals surface area contributed by atoms with E-state index in [1.807, 2.05) is 18.2 Å². The molecule has 3 aromatic rings. The maximum atomic E-state index is 12.7. The molecule has 1 aromatic carbocycles. The SMILES string of the molecule is O=C(NC1CCc2nnc(-c3ccccc3)n2CC1)c1n[nH]c2c1CCC2. The lowest BCUT2D eigenvalue weighted by Gasteiger charge is -2.15. The van der Waals surface area contributed by atoms with Crippen molar-refractivity contribution in [1.82, 2.24) is 30.3 Å². The quantitative estimate of drug-likeness (QED) is 0.748. The van der Waals surface area contributed by atoms with E-state index >= 15 is 0 Å². The number of H-pyrrole nitrogens is 1. The molecule has 0 fully saturated rings. The van der Waals surface area contributed by atoms with Crippen LogP contribution in [0.5, 0.6) is 0 Å². The second-order valence-electron chi connectivity index (χ2n) is 7.34. The van der Waals surface area contributed by atoms with E-state index in [0.717, 1.165) is 73.5 Å². The molecule has 0 saturated heterocycles. The third kappa shape index (κ3) is 2.93. The molecule has 0 saturated carbocycles. The number of nitrogens with zero attached hydrogens (tertiary/aromatic N) is 4. The number of aromatic amines is 1. The number of hydrogen-bond donors (Lipinski definition) is 2. The number of carbonyl (C=O) groups excluding carboxylic acids is 1. The van der Waals surface area contributed by atoms with Gasteiger partial charge in [-0.2, -0.15) is 5.10 Å². The summed E-state index contributed by atoms with van der Waals surface area (Å²) < 4.78 is 2.19. The van der Waals surface area contributed by atoms with E-state index in [0.29, 0.717) is 5.69 Å². The molecule has 1 unspecified atom stereocenters. The van der Waals surface area contributed by atoms with Crippen molar-refractivity contribution < 1.29 is 4.79 Å². The standard InChI is InChI=1S/C20H22N6O/c27-20(18-15-7-4-8-16(15)22-24-18)21-14-9-10-17-23-25-19(26(17)12-11-14)13-5-2-1-3-6-13/h1-3,5-6,14H,4,7-12H2,(H,21,27)(H,22,24). The average Bonchev–Trinajstić information content (AvgIpc) is 3.37. The highest BCUT2D eigenvalue weighted by Gasteiger charge is 2.26. The van der Waals surface area contributed by atoms with Gasteiger partial charge in [-0.15, -0.1) is 10.2 Å². The number of aromatic nitrogens is 5. The van der Waals surface area contributed by atoms with Crippen molar-refractivity contribution in [2.45, 2.75) is 51.1 Å². The molecule has 1 aliphatic heterocycles. The van der Waals surface area contributed by atoms with Gasteiger partial charge in [-0.05, 0) is 32.1 Å². The molecule has 2 N–H and O–H groups in total. The molecule has 0 radical (unpaired) electrons. The third-order valence-electron chi connectivity index (χ3n) is 5.63. The Morgan fingerprint density at radius 3 is 2.89 bits per heavy atom. The van der Waals surface area contributed by atoms with Crippen LogP contribution in [0.15, 0.2) is 30.3 Å². The van der Waals surface area contributed by atoms with Gasteiger partial charge < -0.3 is 9.88 Å². The molecule has 7 nitrogen and oxygen atoms in total. The van der Waals surface area contributed by atoms with Gasteiger partial charge in [-0.1, -0.05) is 30.3 Å². The fourth-order valence-corrected chi connectivity index (χ4v) is 4.19. The molecule has 1 aliphatic carbocycles. The van der Waals surface area contributed by atoms with E-state index in [-0.39, 0.29) is 11.9 Å². The average molecular weight is 362 g/mol. The third-order valence-corrected chi connectivity index (χ3v) is 5.63. The van der Waals surface area contributed by atoms with Gasteiger partial charge in [0.2, 0.25) is 0 Å². The number of rotatable bonds is 3. The number of nitrogens with one attached hydrogen (secondary N) is 2. The Kier molecular flexibility index (Phi) is 3.99. The predicted molar refractivity (Wildman–Crippen MR) is 100 cm³/mol. The summed E-state index contributed by atoms with van der Waals surface area (Å²) in [4.78, 5) is 12.7. The maximum Gasteiger partial charge on any atom is 0.272 e. The lowest BCUT2D eigenvalue weighted by Crippen LogP contribution is -2.35. The van der Waals surface area contributed by atoms with Crippen LogP contribution >= 0.6 is 0 Å². The molecular formula is C20H22N6O. The number of benzene rings is 1. The first-order valence-corrected chi connectivity index (χ1v) is 9.64. The molecule has 7 heteroatoms. The molecule has 0 spiro atoms. The zero-order valence-corrected chi connectivity index (χ0v) is 15.1. The summed E-state index contributed by atoms with van der Waals surface area (Å²) in [6.07, 6.45) is 5.58. The van der Waals surface area contributed by atoms with Gasteiger partial charge in [0.25, 0.3) is 5.91 Å². The van der Waals surface area contributed by atoms with Gasteiger partial charge in [0.15, 0.2) is 11.5 Å². The van der Waals surface area contributed by atoms with Gasteiger partial charge in [0.1, 0.15) is 5.82 Å². The molecule has 5 rings (SSSR count). The van der Waals surface area contributed by atoms with Crippen LogP contribution in [0.25, 0.3) is 11.4 Å². The number of aryl methyl sites for hydroxylation is 2. The minimum absolute atomic E-state index is 0.0552. The van der Waals surface area contributed by atoms with Crippen molar-refractivity contribution in [2.75, 3.05) is 0 Å². The number of hydrogen-bond acceptors (Lipinski definition) is 4. The lowest BCUT2D eigenvalue weighted by atomic mass is 10.1. The summed E-state index contributed by atoms with van der Waals surface area (Å²) in [6, 6.07) is 10.3. The highest BCUT2D eigenvalue weighted by atomic mass is 16.2. The first-order valence-electron chi connectivity index (χ1n) is 9.64. The zero-order chi connectivity index (χ0) is 18.2. The Morgan fingerprint density at radius 1 is 1.11 bits per heavy atom. The van der Waals surface area contributed by atoms with Gasteiger partial charge in [0, 0.05) is 35.8 Å². The molecule has 2 aliphatic rings. The summed E-state index contributed by atoms with van der Waals surface area (Å²) in [5.74, 6) is 1.84. The van der Waals surface area contributed by atoms with E-state index in [1.165, 1.54) is 0 Å². The van der Waals surface area contributed by atoms with Crippen LogP contribution in [-0.4, -0.2) is 36.9 Å². The monoisotopic (exact) mass is 362 g/mol. The number of amides is 1. The first kappa shape index (κ1) is 16.2. The molecular weight excluding hydrogens is 340 g/mol. The second kappa shape index (κ2) is 6.64. The number of carbonyl (C=O) groups is 1. The Labute approximate surface area is 157 Å². The molecule has 27 heavy (non-hydrogen) atoms.